The molecule has 0 saturated heterocycles. The van der Waals surface area contributed by atoms with Crippen LogP contribution in [-0.2, 0) is 6.42 Å². The molecule has 2 aromatic rings. The summed E-state index contributed by atoms with van der Waals surface area (Å²) in [5.74, 6) is 1.80. The van der Waals surface area contributed by atoms with E-state index in [1.165, 1.54) is 0 Å². The Morgan fingerprint density at radius 3 is 2.37 bits per heavy atom. The summed E-state index contributed by atoms with van der Waals surface area (Å²) < 4.78 is 5.62. The molecule has 1 heterocycles. The van der Waals surface area contributed by atoms with Gasteiger partial charge >= 0.3 is 0 Å². The molecule has 0 aliphatic heterocycles. The summed E-state index contributed by atoms with van der Waals surface area (Å²) in [6, 6.07) is 5.36. The average molecular weight is 298 g/mol. The number of hydrogen-bond donors (Lipinski definition) is 1. The molecule has 1 atom stereocenters. The second-order valence-electron chi connectivity index (χ2n) is 4.80. The van der Waals surface area contributed by atoms with Gasteiger partial charge in [0, 0.05) is 21.7 Å². The molecule has 0 aliphatic rings. The van der Waals surface area contributed by atoms with E-state index in [1.54, 1.807) is 6.07 Å². The molecule has 2 rings (SSSR count). The number of halogens is 2. The predicted molar refractivity (Wildman–Crippen MR) is 80.0 cm³/mol. The third kappa shape index (κ3) is 2.97. The smallest absolute Gasteiger partial charge is 0.106 e. The lowest BCUT2D eigenvalue weighted by atomic mass is 9.96. The van der Waals surface area contributed by atoms with E-state index in [4.69, 9.17) is 33.4 Å². The Labute approximate surface area is 123 Å². The van der Waals surface area contributed by atoms with E-state index in [9.17, 15) is 0 Å². The van der Waals surface area contributed by atoms with Crippen LogP contribution in [0.2, 0.25) is 10.0 Å². The van der Waals surface area contributed by atoms with E-state index in [1.807, 2.05) is 32.9 Å². The zero-order valence-electron chi connectivity index (χ0n) is 11.3. The number of aryl methyl sites for hydroxylation is 2. The summed E-state index contributed by atoms with van der Waals surface area (Å²) in [6.07, 6.45) is 0.663. The van der Waals surface area contributed by atoms with Gasteiger partial charge in [-0.25, -0.2) is 0 Å². The quantitative estimate of drug-likeness (QED) is 0.887. The number of rotatable bonds is 3. The van der Waals surface area contributed by atoms with Crippen molar-refractivity contribution in [2.75, 3.05) is 0 Å². The first kappa shape index (κ1) is 14.4. The van der Waals surface area contributed by atoms with Crippen molar-refractivity contribution >= 4 is 23.2 Å². The maximum atomic E-state index is 6.30. The van der Waals surface area contributed by atoms with Crippen LogP contribution in [0.5, 0.6) is 0 Å². The normalized spacial score (nSPS) is 12.7. The van der Waals surface area contributed by atoms with Crippen molar-refractivity contribution in [2.24, 2.45) is 5.73 Å². The van der Waals surface area contributed by atoms with Gasteiger partial charge in [-0.2, -0.15) is 0 Å². The third-order valence-corrected chi connectivity index (χ3v) is 4.03. The van der Waals surface area contributed by atoms with Gasteiger partial charge in [0.15, 0.2) is 0 Å². The summed E-state index contributed by atoms with van der Waals surface area (Å²) in [5, 5.41) is 1.28. The molecular formula is C15H17Cl2NO. The lowest BCUT2D eigenvalue weighted by molar-refractivity contribution is 0.496. The molecule has 19 heavy (non-hydrogen) atoms. The van der Waals surface area contributed by atoms with E-state index in [-0.39, 0.29) is 6.04 Å². The number of benzene rings is 1. The van der Waals surface area contributed by atoms with Crippen LogP contribution in [0.25, 0.3) is 0 Å². The molecule has 0 bridgehead atoms. The first-order valence-corrected chi connectivity index (χ1v) is 6.91. The number of hydrogen-bond acceptors (Lipinski definition) is 2. The summed E-state index contributed by atoms with van der Waals surface area (Å²) in [7, 11) is 0. The van der Waals surface area contributed by atoms with E-state index in [0.717, 1.165) is 28.2 Å². The fourth-order valence-electron chi connectivity index (χ4n) is 2.38. The molecule has 0 spiro atoms. The highest BCUT2D eigenvalue weighted by Gasteiger charge is 2.19. The topological polar surface area (TPSA) is 39.2 Å². The lowest BCUT2D eigenvalue weighted by Gasteiger charge is -2.13. The largest absolute Gasteiger partial charge is 0.466 e. The van der Waals surface area contributed by atoms with Crippen LogP contribution >= 0.6 is 23.2 Å². The fraction of sp³-hybridized carbons (Fsp3) is 0.333. The van der Waals surface area contributed by atoms with Gasteiger partial charge < -0.3 is 10.2 Å². The van der Waals surface area contributed by atoms with Crippen molar-refractivity contribution in [2.45, 2.75) is 33.2 Å². The monoisotopic (exact) mass is 297 g/mol. The molecule has 0 amide bonds. The zero-order chi connectivity index (χ0) is 14.2. The summed E-state index contributed by atoms with van der Waals surface area (Å²) in [6.45, 7) is 5.93. The minimum atomic E-state index is -0.129. The molecule has 0 aliphatic carbocycles. The van der Waals surface area contributed by atoms with Gasteiger partial charge in [-0.1, -0.05) is 29.3 Å². The van der Waals surface area contributed by atoms with Crippen LogP contribution in [0.15, 0.2) is 22.6 Å². The molecule has 102 valence electrons. The Bertz CT molecular complexity index is 604. The van der Waals surface area contributed by atoms with Gasteiger partial charge in [0.1, 0.15) is 11.5 Å². The maximum Gasteiger partial charge on any atom is 0.106 e. The second-order valence-corrected chi connectivity index (χ2v) is 5.64. The lowest BCUT2D eigenvalue weighted by Crippen LogP contribution is -2.15. The van der Waals surface area contributed by atoms with Gasteiger partial charge in [-0.3, -0.25) is 0 Å². The van der Waals surface area contributed by atoms with Gasteiger partial charge in [-0.15, -0.1) is 0 Å². The van der Waals surface area contributed by atoms with Crippen LogP contribution in [0.4, 0.5) is 0 Å². The van der Waals surface area contributed by atoms with Crippen molar-refractivity contribution in [3.05, 3.63) is 56.5 Å². The molecule has 4 heteroatoms. The first-order valence-electron chi connectivity index (χ1n) is 6.16. The Balaban J connectivity index is 2.28. The van der Waals surface area contributed by atoms with Crippen molar-refractivity contribution in [3.8, 4) is 0 Å². The summed E-state index contributed by atoms with van der Waals surface area (Å²) in [4.78, 5) is 0. The highest BCUT2D eigenvalue weighted by Crippen LogP contribution is 2.30. The summed E-state index contributed by atoms with van der Waals surface area (Å²) in [5.41, 5.74) is 9.49. The number of furan rings is 1. The van der Waals surface area contributed by atoms with Crippen LogP contribution in [0.3, 0.4) is 0 Å². The molecular weight excluding hydrogens is 281 g/mol. The van der Waals surface area contributed by atoms with Crippen molar-refractivity contribution in [3.63, 3.8) is 0 Å². The molecule has 0 fully saturated rings. The number of nitrogens with two attached hydrogens (primary N) is 1. The molecule has 1 unspecified atom stereocenters. The van der Waals surface area contributed by atoms with E-state index in [0.29, 0.717) is 16.5 Å². The minimum absolute atomic E-state index is 0.129. The maximum absolute atomic E-state index is 6.30. The second kappa shape index (κ2) is 5.58. The molecule has 0 saturated carbocycles. The van der Waals surface area contributed by atoms with Crippen molar-refractivity contribution in [1.82, 2.24) is 0 Å². The van der Waals surface area contributed by atoms with Crippen LogP contribution in [0.1, 0.15) is 34.3 Å². The molecule has 1 aromatic carbocycles. The van der Waals surface area contributed by atoms with E-state index in [2.05, 4.69) is 0 Å². The van der Waals surface area contributed by atoms with E-state index >= 15 is 0 Å². The minimum Gasteiger partial charge on any atom is -0.466 e. The van der Waals surface area contributed by atoms with Gasteiger partial charge in [-0.05, 0) is 50.5 Å². The molecule has 2 N–H and O–H groups in total. The third-order valence-electron chi connectivity index (χ3n) is 3.44. The Kier molecular flexibility index (Phi) is 4.24. The summed E-state index contributed by atoms with van der Waals surface area (Å²) >= 11 is 12.1. The molecule has 0 radical (unpaired) electrons. The SMILES string of the molecule is Cc1oc(C)c(C(N)Cc2ccc(Cl)cc2Cl)c1C. The highest BCUT2D eigenvalue weighted by atomic mass is 35.5. The average Bonchev–Trinajstić information content (AvgIpc) is 2.57. The predicted octanol–water partition coefficient (Wildman–Crippen LogP) is 4.75. The first-order chi connectivity index (χ1) is 8.90. The van der Waals surface area contributed by atoms with Crippen LogP contribution < -0.4 is 5.73 Å². The van der Waals surface area contributed by atoms with Crippen molar-refractivity contribution in [1.29, 1.82) is 0 Å². The molecule has 2 nitrogen and oxygen atoms in total. The Morgan fingerprint density at radius 2 is 1.84 bits per heavy atom. The van der Waals surface area contributed by atoms with Crippen LogP contribution in [-0.4, -0.2) is 0 Å². The van der Waals surface area contributed by atoms with Crippen molar-refractivity contribution < 1.29 is 4.42 Å². The Hall–Kier alpha value is -0.960. The standard InChI is InChI=1S/C15H17Cl2NO/c1-8-9(2)19-10(3)15(8)14(18)6-11-4-5-12(16)7-13(11)17/h4-5,7,14H,6,18H2,1-3H3. The van der Waals surface area contributed by atoms with E-state index < -0.39 is 0 Å². The Morgan fingerprint density at radius 1 is 1.16 bits per heavy atom. The highest BCUT2D eigenvalue weighted by molar-refractivity contribution is 6.35. The fourth-order valence-corrected chi connectivity index (χ4v) is 2.87. The van der Waals surface area contributed by atoms with Gasteiger partial charge in [0.2, 0.25) is 0 Å². The van der Waals surface area contributed by atoms with Gasteiger partial charge in [0.25, 0.3) is 0 Å². The molecule has 1 aromatic heterocycles. The zero-order valence-corrected chi connectivity index (χ0v) is 12.8. The van der Waals surface area contributed by atoms with Crippen LogP contribution in [0, 0.1) is 20.8 Å². The van der Waals surface area contributed by atoms with Gasteiger partial charge in [0.05, 0.1) is 0 Å².